The SMILES string of the molecule is CC(C)CC1(CN2CCOC[C@@H]2C)CC1. The number of rotatable bonds is 4. The van der Waals surface area contributed by atoms with E-state index in [2.05, 4.69) is 25.7 Å². The summed E-state index contributed by atoms with van der Waals surface area (Å²) in [4.78, 5) is 2.64. The number of hydrogen-bond donors (Lipinski definition) is 0. The molecule has 1 saturated heterocycles. The van der Waals surface area contributed by atoms with Crippen LogP contribution in [-0.2, 0) is 4.74 Å². The molecule has 0 aromatic heterocycles. The minimum absolute atomic E-state index is 0.628. The van der Waals surface area contributed by atoms with Crippen molar-refractivity contribution in [1.29, 1.82) is 0 Å². The van der Waals surface area contributed by atoms with E-state index in [0.717, 1.165) is 25.7 Å². The van der Waals surface area contributed by atoms with E-state index in [1.165, 1.54) is 25.8 Å². The molecule has 0 unspecified atom stereocenters. The molecule has 2 heteroatoms. The molecule has 0 radical (unpaired) electrons. The third kappa shape index (κ3) is 2.94. The average molecular weight is 211 g/mol. The molecule has 0 amide bonds. The minimum atomic E-state index is 0.628. The van der Waals surface area contributed by atoms with Gasteiger partial charge in [-0.3, -0.25) is 4.90 Å². The van der Waals surface area contributed by atoms with E-state index >= 15 is 0 Å². The number of morpholine rings is 1. The van der Waals surface area contributed by atoms with Crippen LogP contribution in [0.5, 0.6) is 0 Å². The largest absolute Gasteiger partial charge is 0.379 e. The summed E-state index contributed by atoms with van der Waals surface area (Å²) in [5, 5.41) is 0. The van der Waals surface area contributed by atoms with Crippen molar-refractivity contribution >= 4 is 0 Å². The Balaban J connectivity index is 1.84. The quantitative estimate of drug-likeness (QED) is 0.708. The lowest BCUT2D eigenvalue weighted by Crippen LogP contribution is -2.46. The Labute approximate surface area is 94.0 Å². The first-order valence-corrected chi connectivity index (χ1v) is 6.43. The number of ether oxygens (including phenoxy) is 1. The van der Waals surface area contributed by atoms with Gasteiger partial charge in [0.15, 0.2) is 0 Å². The van der Waals surface area contributed by atoms with E-state index in [9.17, 15) is 0 Å². The van der Waals surface area contributed by atoms with Gasteiger partial charge in [0.2, 0.25) is 0 Å². The zero-order chi connectivity index (χ0) is 10.9. The van der Waals surface area contributed by atoms with Gasteiger partial charge >= 0.3 is 0 Å². The number of nitrogens with zero attached hydrogens (tertiary/aromatic N) is 1. The molecule has 0 aromatic carbocycles. The maximum atomic E-state index is 5.49. The summed E-state index contributed by atoms with van der Waals surface area (Å²) in [7, 11) is 0. The highest BCUT2D eigenvalue weighted by atomic mass is 16.5. The Morgan fingerprint density at radius 1 is 1.40 bits per heavy atom. The Morgan fingerprint density at radius 3 is 2.67 bits per heavy atom. The lowest BCUT2D eigenvalue weighted by Gasteiger charge is -2.36. The summed E-state index contributed by atoms with van der Waals surface area (Å²) in [6.45, 7) is 11.3. The van der Waals surface area contributed by atoms with Crippen LogP contribution in [0, 0.1) is 11.3 Å². The average Bonchev–Trinajstić information content (AvgIpc) is 2.88. The Bertz CT molecular complexity index is 211. The zero-order valence-corrected chi connectivity index (χ0v) is 10.5. The van der Waals surface area contributed by atoms with E-state index < -0.39 is 0 Å². The van der Waals surface area contributed by atoms with Crippen LogP contribution in [0.1, 0.15) is 40.0 Å². The van der Waals surface area contributed by atoms with Crippen molar-refractivity contribution in [3.63, 3.8) is 0 Å². The first kappa shape index (κ1) is 11.4. The predicted molar refractivity (Wildman–Crippen MR) is 63.0 cm³/mol. The van der Waals surface area contributed by atoms with Gasteiger partial charge in [-0.05, 0) is 37.5 Å². The molecule has 1 atom stereocenters. The van der Waals surface area contributed by atoms with E-state index in [4.69, 9.17) is 4.74 Å². The Morgan fingerprint density at radius 2 is 2.13 bits per heavy atom. The molecule has 2 fully saturated rings. The normalized spacial score (nSPS) is 30.8. The lowest BCUT2D eigenvalue weighted by molar-refractivity contribution is -0.0110. The fourth-order valence-electron chi connectivity index (χ4n) is 2.90. The van der Waals surface area contributed by atoms with Crippen LogP contribution in [0.2, 0.25) is 0 Å². The molecule has 15 heavy (non-hydrogen) atoms. The smallest absolute Gasteiger partial charge is 0.0619 e. The molecule has 1 aliphatic carbocycles. The maximum Gasteiger partial charge on any atom is 0.0619 e. The molecule has 2 nitrogen and oxygen atoms in total. The van der Waals surface area contributed by atoms with Crippen molar-refractivity contribution in [3.05, 3.63) is 0 Å². The van der Waals surface area contributed by atoms with Crippen LogP contribution in [-0.4, -0.2) is 37.2 Å². The Kier molecular flexibility index (Phi) is 3.36. The van der Waals surface area contributed by atoms with Crippen LogP contribution in [0.3, 0.4) is 0 Å². The van der Waals surface area contributed by atoms with Gasteiger partial charge in [0.25, 0.3) is 0 Å². The summed E-state index contributed by atoms with van der Waals surface area (Å²) in [6, 6.07) is 0.628. The molecule has 0 aromatic rings. The van der Waals surface area contributed by atoms with E-state index in [1.54, 1.807) is 0 Å². The summed E-state index contributed by atoms with van der Waals surface area (Å²) in [6.07, 6.45) is 4.32. The van der Waals surface area contributed by atoms with Gasteiger partial charge in [-0.25, -0.2) is 0 Å². The molecular weight excluding hydrogens is 186 g/mol. The standard InChI is InChI=1S/C13H25NO/c1-11(2)8-13(4-5-13)10-14-6-7-15-9-12(14)3/h11-12H,4-10H2,1-3H3/t12-/m0/s1. The zero-order valence-electron chi connectivity index (χ0n) is 10.5. The first-order valence-electron chi connectivity index (χ1n) is 6.43. The van der Waals surface area contributed by atoms with Gasteiger partial charge in [-0.15, -0.1) is 0 Å². The molecule has 0 bridgehead atoms. The van der Waals surface area contributed by atoms with Gasteiger partial charge in [0.1, 0.15) is 0 Å². The molecule has 0 N–H and O–H groups in total. The predicted octanol–water partition coefficient (Wildman–Crippen LogP) is 2.53. The summed E-state index contributed by atoms with van der Waals surface area (Å²) in [5.41, 5.74) is 0.680. The van der Waals surface area contributed by atoms with Crippen LogP contribution >= 0.6 is 0 Å². The van der Waals surface area contributed by atoms with Crippen molar-refractivity contribution in [2.24, 2.45) is 11.3 Å². The molecule has 1 heterocycles. The van der Waals surface area contributed by atoms with Crippen LogP contribution < -0.4 is 0 Å². The van der Waals surface area contributed by atoms with Crippen LogP contribution in [0.25, 0.3) is 0 Å². The highest BCUT2D eigenvalue weighted by molar-refractivity contribution is 4.97. The van der Waals surface area contributed by atoms with Crippen molar-refractivity contribution < 1.29 is 4.74 Å². The maximum absolute atomic E-state index is 5.49. The van der Waals surface area contributed by atoms with Gasteiger partial charge < -0.3 is 4.74 Å². The van der Waals surface area contributed by atoms with E-state index in [1.807, 2.05) is 0 Å². The van der Waals surface area contributed by atoms with Crippen LogP contribution in [0.4, 0.5) is 0 Å². The fourth-order valence-corrected chi connectivity index (χ4v) is 2.90. The number of hydrogen-bond acceptors (Lipinski definition) is 2. The highest BCUT2D eigenvalue weighted by Gasteiger charge is 2.44. The topological polar surface area (TPSA) is 12.5 Å². The van der Waals surface area contributed by atoms with Crippen molar-refractivity contribution in [1.82, 2.24) is 4.90 Å². The molecule has 1 saturated carbocycles. The second-order valence-corrected chi connectivity index (χ2v) is 5.99. The summed E-state index contributed by atoms with van der Waals surface area (Å²) < 4.78 is 5.49. The van der Waals surface area contributed by atoms with Crippen LogP contribution in [0.15, 0.2) is 0 Å². The molecule has 2 aliphatic rings. The second-order valence-electron chi connectivity index (χ2n) is 5.99. The minimum Gasteiger partial charge on any atom is -0.379 e. The monoisotopic (exact) mass is 211 g/mol. The Hall–Kier alpha value is -0.0800. The summed E-state index contributed by atoms with van der Waals surface area (Å²) >= 11 is 0. The molecule has 88 valence electrons. The summed E-state index contributed by atoms with van der Waals surface area (Å²) in [5.74, 6) is 0.851. The fraction of sp³-hybridized carbons (Fsp3) is 1.00. The lowest BCUT2D eigenvalue weighted by atomic mass is 9.93. The van der Waals surface area contributed by atoms with Crippen molar-refractivity contribution in [2.75, 3.05) is 26.3 Å². The first-order chi connectivity index (χ1) is 7.11. The molecule has 2 rings (SSSR count). The molecular formula is C13H25NO. The highest BCUT2D eigenvalue weighted by Crippen LogP contribution is 2.51. The van der Waals surface area contributed by atoms with Gasteiger partial charge in [-0.2, -0.15) is 0 Å². The molecule has 1 aliphatic heterocycles. The third-order valence-corrected chi connectivity index (χ3v) is 3.84. The molecule has 0 spiro atoms. The van der Waals surface area contributed by atoms with E-state index in [0.29, 0.717) is 11.5 Å². The van der Waals surface area contributed by atoms with Gasteiger partial charge in [-0.1, -0.05) is 13.8 Å². The van der Waals surface area contributed by atoms with Gasteiger partial charge in [0, 0.05) is 19.1 Å². The second kappa shape index (κ2) is 4.42. The van der Waals surface area contributed by atoms with E-state index in [-0.39, 0.29) is 0 Å². The van der Waals surface area contributed by atoms with Crippen molar-refractivity contribution in [2.45, 2.75) is 46.1 Å². The third-order valence-electron chi connectivity index (χ3n) is 3.84. The van der Waals surface area contributed by atoms with Crippen molar-refractivity contribution in [3.8, 4) is 0 Å². The van der Waals surface area contributed by atoms with Gasteiger partial charge in [0.05, 0.1) is 13.2 Å².